The molecule has 1 aliphatic heterocycles. The lowest BCUT2D eigenvalue weighted by atomic mass is 10.1. The van der Waals surface area contributed by atoms with Gasteiger partial charge in [0.1, 0.15) is 12.1 Å². The molecule has 0 aromatic carbocycles. The highest BCUT2D eigenvalue weighted by atomic mass is 16.2. The van der Waals surface area contributed by atoms with Gasteiger partial charge in [-0.05, 0) is 18.4 Å². The quantitative estimate of drug-likeness (QED) is 0.843. The topological polar surface area (TPSA) is 84.0 Å². The van der Waals surface area contributed by atoms with Gasteiger partial charge >= 0.3 is 0 Å². The van der Waals surface area contributed by atoms with Crippen molar-refractivity contribution in [2.45, 2.75) is 19.4 Å². The predicted octanol–water partition coefficient (Wildman–Crippen LogP) is 1.62. The Morgan fingerprint density at radius 1 is 1.52 bits per heavy atom. The number of nitriles is 2. The van der Waals surface area contributed by atoms with Gasteiger partial charge in [-0.3, -0.25) is 9.78 Å². The normalized spacial score (nSPS) is 19.7. The zero-order chi connectivity index (χ0) is 17.0. The van der Waals surface area contributed by atoms with Crippen LogP contribution < -0.4 is 0 Å². The molecular formula is C17H19N5O. The van der Waals surface area contributed by atoms with Gasteiger partial charge < -0.3 is 9.80 Å². The molecule has 6 nitrogen and oxygen atoms in total. The van der Waals surface area contributed by atoms with Crippen LogP contribution in [-0.4, -0.2) is 46.9 Å². The van der Waals surface area contributed by atoms with Gasteiger partial charge in [0.05, 0.1) is 18.2 Å². The van der Waals surface area contributed by atoms with Crippen LogP contribution in [0.15, 0.2) is 25.0 Å². The molecule has 1 aliphatic rings. The Kier molecular flexibility index (Phi) is 4.98. The summed E-state index contributed by atoms with van der Waals surface area (Å²) in [6, 6.07) is 5.57. The molecule has 6 heteroatoms. The Morgan fingerprint density at radius 2 is 2.26 bits per heavy atom. The Bertz CT molecular complexity index is 700. The molecule has 23 heavy (non-hydrogen) atoms. The molecule has 2 atom stereocenters. The van der Waals surface area contributed by atoms with Crippen molar-refractivity contribution < 1.29 is 4.79 Å². The molecule has 1 fully saturated rings. The third kappa shape index (κ3) is 3.67. The number of carbonyl (C=O) groups excluding carboxylic acids is 1. The summed E-state index contributed by atoms with van der Waals surface area (Å²) in [6.45, 7) is 6.77. The second kappa shape index (κ2) is 6.93. The maximum absolute atomic E-state index is 12.5. The highest BCUT2D eigenvalue weighted by Gasteiger charge is 2.33. The molecule has 1 aromatic heterocycles. The number of amides is 1. The van der Waals surface area contributed by atoms with Crippen molar-refractivity contribution in [3.05, 3.63) is 36.2 Å². The average molecular weight is 309 g/mol. The van der Waals surface area contributed by atoms with Gasteiger partial charge in [-0.25, -0.2) is 0 Å². The number of nitrogens with zero attached hydrogens (tertiary/aromatic N) is 5. The van der Waals surface area contributed by atoms with Crippen LogP contribution in [0.4, 0.5) is 0 Å². The second-order valence-electron chi connectivity index (χ2n) is 5.91. The van der Waals surface area contributed by atoms with Gasteiger partial charge in [0.25, 0.3) is 0 Å². The van der Waals surface area contributed by atoms with E-state index in [1.165, 1.54) is 6.20 Å². The minimum absolute atomic E-state index is 0.0889. The molecule has 1 amide bonds. The molecule has 0 radical (unpaired) electrons. The molecule has 0 spiro atoms. The Hall–Kier alpha value is -2.86. The summed E-state index contributed by atoms with van der Waals surface area (Å²) in [5.74, 6) is 0.252. The molecule has 1 saturated heterocycles. The van der Waals surface area contributed by atoms with E-state index in [-0.39, 0.29) is 18.5 Å². The molecule has 2 heterocycles. The van der Waals surface area contributed by atoms with Crippen LogP contribution in [0.1, 0.15) is 24.5 Å². The molecule has 118 valence electrons. The van der Waals surface area contributed by atoms with Crippen LogP contribution in [0.3, 0.4) is 0 Å². The summed E-state index contributed by atoms with van der Waals surface area (Å²) >= 11 is 0. The zero-order valence-electron chi connectivity index (χ0n) is 13.4. The van der Waals surface area contributed by atoms with Gasteiger partial charge in [-0.1, -0.05) is 13.5 Å². The summed E-state index contributed by atoms with van der Waals surface area (Å²) in [7, 11) is 1.76. The first kappa shape index (κ1) is 16.5. The van der Waals surface area contributed by atoms with Gasteiger partial charge in [0, 0.05) is 37.2 Å². The Labute approximate surface area is 136 Å². The summed E-state index contributed by atoms with van der Waals surface area (Å²) < 4.78 is 0. The van der Waals surface area contributed by atoms with Gasteiger partial charge in [-0.15, -0.1) is 0 Å². The summed E-state index contributed by atoms with van der Waals surface area (Å²) in [6.07, 6.45) is 3.81. The lowest BCUT2D eigenvalue weighted by Gasteiger charge is -2.26. The fourth-order valence-corrected chi connectivity index (χ4v) is 2.71. The van der Waals surface area contributed by atoms with E-state index in [0.29, 0.717) is 29.3 Å². The van der Waals surface area contributed by atoms with Crippen molar-refractivity contribution in [3.8, 4) is 12.1 Å². The predicted molar refractivity (Wildman–Crippen MR) is 85.5 cm³/mol. The van der Waals surface area contributed by atoms with Crippen molar-refractivity contribution >= 4 is 11.6 Å². The number of likely N-dealkylation sites (N-methyl/N-ethyl adjacent to an activating group) is 1. The number of rotatable bonds is 4. The second-order valence-corrected chi connectivity index (χ2v) is 5.91. The van der Waals surface area contributed by atoms with Crippen molar-refractivity contribution in [1.29, 1.82) is 10.5 Å². The lowest BCUT2D eigenvalue weighted by molar-refractivity contribution is -0.131. The average Bonchev–Trinajstić information content (AvgIpc) is 2.95. The number of pyridine rings is 1. The van der Waals surface area contributed by atoms with Gasteiger partial charge in [0.15, 0.2) is 0 Å². The summed E-state index contributed by atoms with van der Waals surface area (Å²) in [5, 5.41) is 18.1. The number of carbonyl (C=O) groups is 1. The van der Waals surface area contributed by atoms with E-state index in [2.05, 4.69) is 17.6 Å². The van der Waals surface area contributed by atoms with Crippen molar-refractivity contribution in [3.63, 3.8) is 0 Å². The molecule has 1 aromatic rings. The highest BCUT2D eigenvalue weighted by molar-refractivity contribution is 5.81. The molecular weight excluding hydrogens is 290 g/mol. The Morgan fingerprint density at radius 3 is 2.91 bits per heavy atom. The molecule has 2 unspecified atom stereocenters. The zero-order valence-corrected chi connectivity index (χ0v) is 13.4. The van der Waals surface area contributed by atoms with Crippen LogP contribution in [0.2, 0.25) is 0 Å². The number of hydrogen-bond donors (Lipinski definition) is 0. The molecule has 2 rings (SSSR count). The third-order valence-electron chi connectivity index (χ3n) is 4.01. The van der Waals surface area contributed by atoms with Crippen LogP contribution >= 0.6 is 0 Å². The first-order chi connectivity index (χ1) is 11.0. The fraction of sp³-hybridized carbons (Fsp3) is 0.412. The van der Waals surface area contributed by atoms with Crippen LogP contribution in [0.5, 0.6) is 0 Å². The Balaban J connectivity index is 2.05. The standard InChI is InChI=1S/C17H19N5O/c1-12-4-16(7-19)22(10-12)17(23)11-21(3)13(2)15-5-14(6-18)8-20-9-15/h5,8-9,12,16H,2,4,10-11H2,1,3H3. The fourth-order valence-electron chi connectivity index (χ4n) is 2.71. The van der Waals surface area contributed by atoms with E-state index in [1.807, 2.05) is 13.0 Å². The van der Waals surface area contributed by atoms with Crippen LogP contribution in [-0.2, 0) is 4.79 Å². The first-order valence-corrected chi connectivity index (χ1v) is 7.41. The van der Waals surface area contributed by atoms with Crippen LogP contribution in [0, 0.1) is 28.6 Å². The maximum Gasteiger partial charge on any atom is 0.243 e. The molecule has 0 N–H and O–H groups in total. The van der Waals surface area contributed by atoms with E-state index in [4.69, 9.17) is 10.5 Å². The van der Waals surface area contributed by atoms with E-state index in [9.17, 15) is 4.79 Å². The number of hydrogen-bond acceptors (Lipinski definition) is 5. The number of aromatic nitrogens is 1. The van der Waals surface area contributed by atoms with E-state index < -0.39 is 0 Å². The smallest absolute Gasteiger partial charge is 0.243 e. The SMILES string of the molecule is C=C(c1cncc(C#N)c1)N(C)CC(=O)N1CC(C)CC1C#N. The summed E-state index contributed by atoms with van der Waals surface area (Å²) in [4.78, 5) is 19.8. The molecule has 0 saturated carbocycles. The highest BCUT2D eigenvalue weighted by Crippen LogP contribution is 2.23. The van der Waals surface area contributed by atoms with Crippen LogP contribution in [0.25, 0.3) is 5.70 Å². The monoisotopic (exact) mass is 309 g/mol. The summed E-state index contributed by atoms with van der Waals surface area (Å²) in [5.41, 5.74) is 1.76. The lowest BCUT2D eigenvalue weighted by Crippen LogP contribution is -2.40. The van der Waals surface area contributed by atoms with Crippen molar-refractivity contribution in [2.24, 2.45) is 5.92 Å². The van der Waals surface area contributed by atoms with Gasteiger partial charge in [0.2, 0.25) is 5.91 Å². The first-order valence-electron chi connectivity index (χ1n) is 7.41. The third-order valence-corrected chi connectivity index (χ3v) is 4.01. The van der Waals surface area contributed by atoms with E-state index in [1.54, 1.807) is 29.1 Å². The largest absolute Gasteiger partial charge is 0.365 e. The van der Waals surface area contributed by atoms with Crippen molar-refractivity contribution in [1.82, 2.24) is 14.8 Å². The number of likely N-dealkylation sites (tertiary alicyclic amines) is 1. The molecule has 0 bridgehead atoms. The van der Waals surface area contributed by atoms with Crippen molar-refractivity contribution in [2.75, 3.05) is 20.1 Å². The minimum Gasteiger partial charge on any atom is -0.365 e. The minimum atomic E-state index is -0.345. The van der Waals surface area contributed by atoms with E-state index >= 15 is 0 Å². The molecule has 0 aliphatic carbocycles. The maximum atomic E-state index is 12.5. The van der Waals surface area contributed by atoms with Gasteiger partial charge in [-0.2, -0.15) is 10.5 Å². The van der Waals surface area contributed by atoms with E-state index in [0.717, 1.165) is 6.42 Å².